The first-order valence-corrected chi connectivity index (χ1v) is 10.1. The second-order valence-electron chi connectivity index (χ2n) is 7.69. The lowest BCUT2D eigenvalue weighted by molar-refractivity contribution is -0.131. The van der Waals surface area contributed by atoms with E-state index < -0.39 is 0 Å². The topological polar surface area (TPSA) is 26.8 Å². The molecule has 0 radical (unpaired) electrons. The summed E-state index contributed by atoms with van der Waals surface area (Å²) in [5, 5.41) is 0. The molecule has 0 saturated carbocycles. The number of rotatable bonds is 4. The Balaban J connectivity index is 1.29. The quantitative estimate of drug-likeness (QED) is 0.835. The van der Waals surface area contributed by atoms with Gasteiger partial charge in [-0.25, -0.2) is 0 Å². The van der Waals surface area contributed by atoms with Crippen molar-refractivity contribution < 1.29 is 4.79 Å². The molecule has 0 N–H and O–H groups in total. The molecule has 2 aromatic carbocycles. The number of nitrogens with zero attached hydrogens (tertiary/aromatic N) is 3. The zero-order valence-electron chi connectivity index (χ0n) is 16.0. The molecule has 1 atom stereocenters. The van der Waals surface area contributed by atoms with Gasteiger partial charge in [-0.15, -0.1) is 0 Å². The third-order valence-corrected chi connectivity index (χ3v) is 5.87. The van der Waals surface area contributed by atoms with Gasteiger partial charge in [0.1, 0.15) is 0 Å². The van der Waals surface area contributed by atoms with E-state index in [0.29, 0.717) is 18.4 Å². The molecule has 4 rings (SSSR count). The first-order chi connectivity index (χ1) is 13.3. The molecule has 4 nitrogen and oxygen atoms in total. The van der Waals surface area contributed by atoms with Crippen LogP contribution in [0.4, 0.5) is 5.69 Å². The van der Waals surface area contributed by atoms with Crippen LogP contribution >= 0.6 is 0 Å². The number of amides is 1. The average Bonchev–Trinajstić information content (AvgIpc) is 3.04. The molecule has 0 spiro atoms. The fourth-order valence-electron chi connectivity index (χ4n) is 4.33. The molecule has 2 aromatic rings. The standard InChI is InChI=1S/C23H29N3O/c27-23(19-24-15-12-21(18-24)20-8-3-1-4-9-20)26-14-7-13-25(16-17-26)22-10-5-2-6-11-22/h1-6,8-11,21H,7,12-19H2. The molecular formula is C23H29N3O. The number of carbonyl (C=O) groups excluding carboxylic acids is 1. The van der Waals surface area contributed by atoms with Crippen LogP contribution in [0.25, 0.3) is 0 Å². The summed E-state index contributed by atoms with van der Waals surface area (Å²) in [6.45, 7) is 6.22. The summed E-state index contributed by atoms with van der Waals surface area (Å²) in [5.74, 6) is 0.857. The van der Waals surface area contributed by atoms with Gasteiger partial charge in [0, 0.05) is 38.4 Å². The number of likely N-dealkylation sites (tertiary alicyclic amines) is 1. The van der Waals surface area contributed by atoms with Crippen molar-refractivity contribution in [1.82, 2.24) is 9.80 Å². The third-order valence-electron chi connectivity index (χ3n) is 5.87. The molecule has 1 amide bonds. The highest BCUT2D eigenvalue weighted by Gasteiger charge is 2.27. The van der Waals surface area contributed by atoms with Gasteiger partial charge in [-0.3, -0.25) is 9.69 Å². The van der Waals surface area contributed by atoms with E-state index in [1.54, 1.807) is 0 Å². The Kier molecular flexibility index (Phi) is 5.73. The minimum Gasteiger partial charge on any atom is -0.370 e. The molecule has 142 valence electrons. The third kappa shape index (κ3) is 4.51. The van der Waals surface area contributed by atoms with E-state index in [9.17, 15) is 4.79 Å². The summed E-state index contributed by atoms with van der Waals surface area (Å²) in [5.41, 5.74) is 2.66. The van der Waals surface area contributed by atoms with Gasteiger partial charge in [-0.05, 0) is 43.0 Å². The van der Waals surface area contributed by atoms with Crippen LogP contribution in [0, 0.1) is 0 Å². The number of anilines is 1. The molecular weight excluding hydrogens is 334 g/mol. The highest BCUT2D eigenvalue weighted by atomic mass is 16.2. The fraction of sp³-hybridized carbons (Fsp3) is 0.435. The lowest BCUT2D eigenvalue weighted by Crippen LogP contribution is -2.41. The molecule has 2 fully saturated rings. The molecule has 2 heterocycles. The number of benzene rings is 2. The molecule has 4 heteroatoms. The lowest BCUT2D eigenvalue weighted by atomic mass is 9.99. The molecule has 2 aliphatic heterocycles. The van der Waals surface area contributed by atoms with Gasteiger partial charge in [-0.2, -0.15) is 0 Å². The van der Waals surface area contributed by atoms with Crippen LogP contribution in [-0.4, -0.2) is 61.5 Å². The maximum Gasteiger partial charge on any atom is 0.236 e. The van der Waals surface area contributed by atoms with E-state index in [-0.39, 0.29) is 0 Å². The zero-order valence-corrected chi connectivity index (χ0v) is 16.0. The van der Waals surface area contributed by atoms with Crippen molar-refractivity contribution in [2.45, 2.75) is 18.8 Å². The Hall–Kier alpha value is -2.33. The van der Waals surface area contributed by atoms with Crippen molar-refractivity contribution >= 4 is 11.6 Å². The fourth-order valence-corrected chi connectivity index (χ4v) is 4.33. The zero-order chi connectivity index (χ0) is 18.5. The monoisotopic (exact) mass is 363 g/mol. The van der Waals surface area contributed by atoms with Crippen molar-refractivity contribution in [1.29, 1.82) is 0 Å². The molecule has 2 aliphatic rings. The second kappa shape index (κ2) is 8.57. The summed E-state index contributed by atoms with van der Waals surface area (Å²) in [7, 11) is 0. The molecule has 1 unspecified atom stereocenters. The molecule has 27 heavy (non-hydrogen) atoms. The van der Waals surface area contributed by atoms with Crippen LogP contribution in [0.5, 0.6) is 0 Å². The SMILES string of the molecule is O=C(CN1CCC(c2ccccc2)C1)N1CCCN(c2ccccc2)CC1. The van der Waals surface area contributed by atoms with Crippen LogP contribution < -0.4 is 4.90 Å². The largest absolute Gasteiger partial charge is 0.370 e. The van der Waals surface area contributed by atoms with Crippen LogP contribution in [0.15, 0.2) is 60.7 Å². The van der Waals surface area contributed by atoms with Crippen LogP contribution in [0.1, 0.15) is 24.3 Å². The number of hydrogen-bond acceptors (Lipinski definition) is 3. The summed E-state index contributed by atoms with van der Waals surface area (Å²) in [6.07, 6.45) is 2.19. The highest BCUT2D eigenvalue weighted by molar-refractivity contribution is 5.78. The van der Waals surface area contributed by atoms with Crippen LogP contribution in [0.2, 0.25) is 0 Å². The van der Waals surface area contributed by atoms with Crippen molar-refractivity contribution in [2.24, 2.45) is 0 Å². The van der Waals surface area contributed by atoms with Gasteiger partial charge in [0.25, 0.3) is 0 Å². The maximum absolute atomic E-state index is 12.9. The molecule has 0 aliphatic carbocycles. The smallest absolute Gasteiger partial charge is 0.236 e. The first kappa shape index (κ1) is 18.1. The molecule has 2 saturated heterocycles. The van der Waals surface area contributed by atoms with Crippen LogP contribution in [-0.2, 0) is 4.79 Å². The van der Waals surface area contributed by atoms with Gasteiger partial charge in [0.15, 0.2) is 0 Å². The summed E-state index contributed by atoms with van der Waals surface area (Å²) < 4.78 is 0. The van der Waals surface area contributed by atoms with E-state index in [1.165, 1.54) is 11.3 Å². The van der Waals surface area contributed by atoms with Crippen LogP contribution in [0.3, 0.4) is 0 Å². The Morgan fingerprint density at radius 3 is 2.37 bits per heavy atom. The van der Waals surface area contributed by atoms with Crippen molar-refractivity contribution in [2.75, 3.05) is 50.7 Å². The molecule has 0 aromatic heterocycles. The van der Waals surface area contributed by atoms with Gasteiger partial charge in [0.2, 0.25) is 5.91 Å². The van der Waals surface area contributed by atoms with Crippen molar-refractivity contribution in [3.8, 4) is 0 Å². The maximum atomic E-state index is 12.9. The minimum absolute atomic E-state index is 0.290. The van der Waals surface area contributed by atoms with Gasteiger partial charge in [-0.1, -0.05) is 48.5 Å². The van der Waals surface area contributed by atoms with E-state index in [2.05, 4.69) is 75.4 Å². The normalized spacial score (nSPS) is 21.3. The summed E-state index contributed by atoms with van der Waals surface area (Å²) in [6, 6.07) is 21.2. The Bertz CT molecular complexity index is 734. The van der Waals surface area contributed by atoms with E-state index in [4.69, 9.17) is 0 Å². The van der Waals surface area contributed by atoms with E-state index in [0.717, 1.165) is 52.1 Å². The second-order valence-corrected chi connectivity index (χ2v) is 7.69. The average molecular weight is 364 g/mol. The minimum atomic E-state index is 0.290. The van der Waals surface area contributed by atoms with Gasteiger partial charge in [0.05, 0.1) is 6.54 Å². The van der Waals surface area contributed by atoms with E-state index >= 15 is 0 Å². The Labute approximate surface area is 162 Å². The Morgan fingerprint density at radius 1 is 0.852 bits per heavy atom. The number of para-hydroxylation sites is 1. The number of carbonyl (C=O) groups is 1. The lowest BCUT2D eigenvalue weighted by Gasteiger charge is -2.25. The Morgan fingerprint density at radius 2 is 1.59 bits per heavy atom. The predicted octanol–water partition coefficient (Wildman–Crippen LogP) is 3.21. The molecule has 0 bridgehead atoms. The number of hydrogen-bond donors (Lipinski definition) is 0. The van der Waals surface area contributed by atoms with Gasteiger partial charge >= 0.3 is 0 Å². The van der Waals surface area contributed by atoms with Gasteiger partial charge < -0.3 is 9.80 Å². The van der Waals surface area contributed by atoms with E-state index in [1.807, 2.05) is 0 Å². The highest BCUT2D eigenvalue weighted by Crippen LogP contribution is 2.26. The summed E-state index contributed by atoms with van der Waals surface area (Å²) >= 11 is 0. The first-order valence-electron chi connectivity index (χ1n) is 10.1. The van der Waals surface area contributed by atoms with Crippen molar-refractivity contribution in [3.05, 3.63) is 66.2 Å². The summed E-state index contributed by atoms with van der Waals surface area (Å²) in [4.78, 5) is 19.7. The van der Waals surface area contributed by atoms with Crippen molar-refractivity contribution in [3.63, 3.8) is 0 Å². The predicted molar refractivity (Wildman–Crippen MR) is 110 cm³/mol.